The summed E-state index contributed by atoms with van der Waals surface area (Å²) in [4.78, 5) is 0. The third-order valence-corrected chi connectivity index (χ3v) is 1.59. The molecule has 2 nitrogen and oxygen atoms in total. The zero-order valence-electron chi connectivity index (χ0n) is 6.25. The number of allylic oxidation sites excluding steroid dienone is 4. The standard InChI is InChI=1S/C9H11O2/c1-2-4-7-8(10)5-3-6-9(7)11/h2,5-6,10-11H,1,3-4H2. The van der Waals surface area contributed by atoms with Crippen molar-refractivity contribution in [3.05, 3.63) is 42.2 Å². The van der Waals surface area contributed by atoms with Gasteiger partial charge in [0.2, 0.25) is 0 Å². The summed E-state index contributed by atoms with van der Waals surface area (Å²) in [6.07, 6.45) is 6.08. The molecule has 2 heteroatoms. The van der Waals surface area contributed by atoms with Gasteiger partial charge in [-0.3, -0.25) is 0 Å². The third-order valence-electron chi connectivity index (χ3n) is 1.59. The van der Waals surface area contributed by atoms with Gasteiger partial charge in [-0.25, -0.2) is 0 Å². The Labute approximate surface area is 66.2 Å². The lowest BCUT2D eigenvalue weighted by molar-refractivity contribution is 0.372. The second-order valence-electron chi connectivity index (χ2n) is 2.39. The van der Waals surface area contributed by atoms with Crippen LogP contribution in [0.25, 0.3) is 0 Å². The first-order chi connectivity index (χ1) is 5.25. The van der Waals surface area contributed by atoms with Crippen molar-refractivity contribution in [2.45, 2.75) is 12.8 Å². The van der Waals surface area contributed by atoms with Gasteiger partial charge in [-0.2, -0.15) is 0 Å². The molecule has 0 atom stereocenters. The Balaban J connectivity index is 2.84. The molecule has 59 valence electrons. The molecule has 0 aromatic carbocycles. The Kier molecular flexibility index (Phi) is 2.36. The first-order valence-electron chi connectivity index (χ1n) is 3.51. The smallest absolute Gasteiger partial charge is 0.118 e. The molecular weight excluding hydrogens is 140 g/mol. The van der Waals surface area contributed by atoms with Crippen molar-refractivity contribution in [2.24, 2.45) is 0 Å². The minimum Gasteiger partial charge on any atom is -0.512 e. The van der Waals surface area contributed by atoms with Crippen molar-refractivity contribution in [3.8, 4) is 0 Å². The monoisotopic (exact) mass is 151 g/mol. The zero-order chi connectivity index (χ0) is 8.27. The van der Waals surface area contributed by atoms with E-state index in [9.17, 15) is 10.2 Å². The van der Waals surface area contributed by atoms with Gasteiger partial charge in [0.1, 0.15) is 11.5 Å². The fourth-order valence-electron chi connectivity index (χ4n) is 1.01. The maximum atomic E-state index is 9.25. The maximum Gasteiger partial charge on any atom is 0.118 e. The first-order valence-corrected chi connectivity index (χ1v) is 3.51. The summed E-state index contributed by atoms with van der Waals surface area (Å²) in [7, 11) is 0. The minimum atomic E-state index is 0.171. The molecule has 1 aliphatic carbocycles. The van der Waals surface area contributed by atoms with Crippen molar-refractivity contribution in [3.63, 3.8) is 0 Å². The van der Waals surface area contributed by atoms with Gasteiger partial charge in [-0.15, -0.1) is 6.58 Å². The van der Waals surface area contributed by atoms with Gasteiger partial charge in [0.05, 0.1) is 0 Å². The van der Waals surface area contributed by atoms with Crippen molar-refractivity contribution in [1.29, 1.82) is 0 Å². The third kappa shape index (κ3) is 1.64. The van der Waals surface area contributed by atoms with Gasteiger partial charge in [0.25, 0.3) is 0 Å². The molecule has 0 saturated heterocycles. The van der Waals surface area contributed by atoms with E-state index in [1.54, 1.807) is 18.6 Å². The van der Waals surface area contributed by atoms with Crippen LogP contribution in [0.4, 0.5) is 0 Å². The molecule has 0 heterocycles. The highest BCUT2D eigenvalue weighted by Gasteiger charge is 2.12. The fraction of sp³-hybridized carbons (Fsp3) is 0.222. The fourth-order valence-corrected chi connectivity index (χ4v) is 1.01. The van der Waals surface area contributed by atoms with Gasteiger partial charge < -0.3 is 10.2 Å². The van der Waals surface area contributed by atoms with E-state index in [0.29, 0.717) is 18.4 Å². The van der Waals surface area contributed by atoms with E-state index in [1.807, 2.05) is 0 Å². The molecule has 11 heavy (non-hydrogen) atoms. The van der Waals surface area contributed by atoms with Crippen LogP contribution in [0.1, 0.15) is 12.8 Å². The van der Waals surface area contributed by atoms with Crippen LogP contribution in [-0.4, -0.2) is 10.2 Å². The summed E-state index contributed by atoms with van der Waals surface area (Å²) in [5, 5.41) is 18.5. The van der Waals surface area contributed by atoms with E-state index in [1.165, 1.54) is 0 Å². The average Bonchev–Trinajstić information content (AvgIpc) is 1.97. The van der Waals surface area contributed by atoms with Crippen LogP contribution < -0.4 is 0 Å². The molecule has 2 N–H and O–H groups in total. The van der Waals surface area contributed by atoms with Crippen molar-refractivity contribution in [2.75, 3.05) is 0 Å². The number of aliphatic hydroxyl groups excluding tert-OH is 2. The molecule has 0 spiro atoms. The highest BCUT2D eigenvalue weighted by atomic mass is 16.3. The van der Waals surface area contributed by atoms with Gasteiger partial charge in [-0.05, 0) is 18.9 Å². The first kappa shape index (κ1) is 7.92. The van der Waals surface area contributed by atoms with E-state index in [-0.39, 0.29) is 11.5 Å². The van der Waals surface area contributed by atoms with Crippen LogP contribution in [0.5, 0.6) is 0 Å². The number of hydrogen-bond donors (Lipinski definition) is 2. The van der Waals surface area contributed by atoms with Crippen LogP contribution in [0.15, 0.2) is 35.8 Å². The lowest BCUT2D eigenvalue weighted by Gasteiger charge is -2.11. The minimum absolute atomic E-state index is 0.171. The molecule has 0 saturated carbocycles. The van der Waals surface area contributed by atoms with E-state index in [4.69, 9.17) is 0 Å². The van der Waals surface area contributed by atoms with Crippen LogP contribution >= 0.6 is 0 Å². The molecule has 0 aromatic rings. The topological polar surface area (TPSA) is 40.5 Å². The molecule has 1 rings (SSSR count). The van der Waals surface area contributed by atoms with Gasteiger partial charge in [0, 0.05) is 12.0 Å². The van der Waals surface area contributed by atoms with Crippen molar-refractivity contribution < 1.29 is 10.2 Å². The molecule has 0 unspecified atom stereocenters. The Morgan fingerprint density at radius 1 is 1.55 bits per heavy atom. The summed E-state index contributed by atoms with van der Waals surface area (Å²) in [6.45, 7) is 3.53. The highest BCUT2D eigenvalue weighted by Crippen LogP contribution is 2.23. The van der Waals surface area contributed by atoms with Crippen LogP contribution in [0, 0.1) is 6.42 Å². The largest absolute Gasteiger partial charge is 0.512 e. The Hall–Kier alpha value is -1.18. The van der Waals surface area contributed by atoms with Gasteiger partial charge >= 0.3 is 0 Å². The molecule has 0 aromatic heterocycles. The average molecular weight is 151 g/mol. The molecular formula is C9H11O2. The number of rotatable bonds is 2. The molecule has 0 aliphatic heterocycles. The van der Waals surface area contributed by atoms with Crippen LogP contribution in [0.2, 0.25) is 0 Å². The van der Waals surface area contributed by atoms with Crippen LogP contribution in [-0.2, 0) is 0 Å². The Morgan fingerprint density at radius 3 is 2.82 bits per heavy atom. The summed E-state index contributed by atoms with van der Waals surface area (Å²) >= 11 is 0. The summed E-state index contributed by atoms with van der Waals surface area (Å²) in [6, 6.07) is 0. The zero-order valence-corrected chi connectivity index (χ0v) is 6.25. The normalized spacial score (nSPS) is 18.0. The predicted molar refractivity (Wildman–Crippen MR) is 44.1 cm³/mol. The molecule has 0 bridgehead atoms. The molecule has 1 radical (unpaired) electrons. The molecule has 1 aliphatic rings. The van der Waals surface area contributed by atoms with Crippen molar-refractivity contribution in [1.82, 2.24) is 0 Å². The summed E-state index contributed by atoms with van der Waals surface area (Å²) < 4.78 is 0. The Morgan fingerprint density at radius 2 is 2.27 bits per heavy atom. The summed E-state index contributed by atoms with van der Waals surface area (Å²) in [5.41, 5.74) is 0.561. The van der Waals surface area contributed by atoms with Crippen molar-refractivity contribution >= 4 is 0 Å². The van der Waals surface area contributed by atoms with Crippen LogP contribution in [0.3, 0.4) is 0 Å². The predicted octanol–water partition coefficient (Wildman–Crippen LogP) is 2.42. The second kappa shape index (κ2) is 3.28. The molecule has 0 amide bonds. The number of aliphatic hydroxyl groups is 2. The van der Waals surface area contributed by atoms with E-state index >= 15 is 0 Å². The Bertz CT molecular complexity index is 224. The maximum absolute atomic E-state index is 9.25. The quantitative estimate of drug-likeness (QED) is 0.595. The second-order valence-corrected chi connectivity index (χ2v) is 2.39. The van der Waals surface area contributed by atoms with Gasteiger partial charge in [0.15, 0.2) is 0 Å². The lowest BCUT2D eigenvalue weighted by atomic mass is 10.0. The van der Waals surface area contributed by atoms with E-state index in [2.05, 4.69) is 6.58 Å². The van der Waals surface area contributed by atoms with Gasteiger partial charge in [-0.1, -0.05) is 6.08 Å². The SMILES string of the molecule is C=CCC1=C(O)[CH]CC=C1O. The van der Waals surface area contributed by atoms with E-state index < -0.39 is 0 Å². The highest BCUT2D eigenvalue weighted by molar-refractivity contribution is 5.36. The molecule has 0 fully saturated rings. The van der Waals surface area contributed by atoms with E-state index in [0.717, 1.165) is 0 Å². The number of hydrogen-bond acceptors (Lipinski definition) is 2. The summed E-state index contributed by atoms with van der Waals surface area (Å²) in [5.74, 6) is 0.342. The lowest BCUT2D eigenvalue weighted by Crippen LogP contribution is -2.00.